The Hall–Kier alpha value is -2.21. The molecule has 6 heteroatoms. The Kier molecular flexibility index (Phi) is 7.33. The first-order valence-corrected chi connectivity index (χ1v) is 9.53. The fourth-order valence-corrected chi connectivity index (χ4v) is 3.03. The first kappa shape index (κ1) is 20.1. The topological polar surface area (TPSA) is 101 Å². The highest BCUT2D eigenvalue weighted by atomic mass is 16.2. The Morgan fingerprint density at radius 2 is 2.04 bits per heavy atom. The van der Waals surface area contributed by atoms with Crippen LogP contribution in [-0.2, 0) is 11.3 Å². The van der Waals surface area contributed by atoms with Crippen molar-refractivity contribution in [1.29, 1.82) is 0 Å². The Morgan fingerprint density at radius 3 is 2.69 bits per heavy atom. The van der Waals surface area contributed by atoms with E-state index < -0.39 is 6.04 Å². The van der Waals surface area contributed by atoms with E-state index in [4.69, 9.17) is 5.73 Å². The van der Waals surface area contributed by atoms with E-state index in [1.807, 2.05) is 26.0 Å². The molecule has 0 aliphatic rings. The average Bonchev–Trinajstić information content (AvgIpc) is 3.08. The van der Waals surface area contributed by atoms with Gasteiger partial charge in [-0.25, -0.2) is 4.98 Å². The van der Waals surface area contributed by atoms with Crippen molar-refractivity contribution in [3.05, 3.63) is 29.6 Å². The number of nitrogens with zero attached hydrogens (tertiary/aromatic N) is 1. The summed E-state index contributed by atoms with van der Waals surface area (Å²) in [5.74, 6) is 0.547. The molecule has 0 bridgehead atoms. The van der Waals surface area contributed by atoms with Gasteiger partial charge in [0.2, 0.25) is 5.91 Å². The van der Waals surface area contributed by atoms with Crippen molar-refractivity contribution in [2.75, 3.05) is 0 Å². The molecular weight excluding hydrogens is 328 g/mol. The minimum atomic E-state index is -0.538. The number of nitrogens with one attached hydrogen (secondary N) is 2. The number of H-pyrrole nitrogens is 1. The van der Waals surface area contributed by atoms with Crippen LogP contribution in [0.1, 0.15) is 69.1 Å². The van der Waals surface area contributed by atoms with E-state index in [1.54, 1.807) is 6.07 Å². The van der Waals surface area contributed by atoms with Gasteiger partial charge in [0.1, 0.15) is 5.82 Å². The second-order valence-corrected chi connectivity index (χ2v) is 6.84. The normalized spacial score (nSPS) is 13.5. The Bertz CT molecular complexity index is 753. The minimum absolute atomic E-state index is 0.0461. The largest absolute Gasteiger partial charge is 0.346 e. The van der Waals surface area contributed by atoms with Gasteiger partial charge in [-0.3, -0.25) is 9.59 Å². The molecule has 0 aliphatic heterocycles. The van der Waals surface area contributed by atoms with Crippen LogP contribution in [0.4, 0.5) is 0 Å². The van der Waals surface area contributed by atoms with Gasteiger partial charge >= 0.3 is 0 Å². The van der Waals surface area contributed by atoms with E-state index in [-0.39, 0.29) is 24.2 Å². The third-order valence-corrected chi connectivity index (χ3v) is 4.85. The number of para-hydroxylation sites is 1. The lowest BCUT2D eigenvalue weighted by Crippen LogP contribution is -2.45. The van der Waals surface area contributed by atoms with Crippen molar-refractivity contribution in [2.24, 2.45) is 11.7 Å². The van der Waals surface area contributed by atoms with Gasteiger partial charge in [0.25, 0.3) is 0 Å². The van der Waals surface area contributed by atoms with Gasteiger partial charge in [0, 0.05) is 12.0 Å². The van der Waals surface area contributed by atoms with Gasteiger partial charge in [0.15, 0.2) is 5.78 Å². The Morgan fingerprint density at radius 1 is 1.27 bits per heavy atom. The summed E-state index contributed by atoms with van der Waals surface area (Å²) in [6.45, 7) is 6.40. The molecule has 142 valence electrons. The number of ketones is 1. The van der Waals surface area contributed by atoms with Crippen LogP contribution in [0.25, 0.3) is 11.0 Å². The minimum Gasteiger partial charge on any atom is -0.346 e. The van der Waals surface area contributed by atoms with Crippen molar-refractivity contribution in [3.8, 4) is 0 Å². The number of aromatic nitrogens is 2. The van der Waals surface area contributed by atoms with Crippen molar-refractivity contribution < 1.29 is 9.59 Å². The molecule has 0 unspecified atom stereocenters. The monoisotopic (exact) mass is 358 g/mol. The van der Waals surface area contributed by atoms with Crippen molar-refractivity contribution in [1.82, 2.24) is 15.3 Å². The molecule has 0 saturated heterocycles. The van der Waals surface area contributed by atoms with Crippen molar-refractivity contribution in [3.63, 3.8) is 0 Å². The average molecular weight is 358 g/mol. The molecule has 0 fully saturated rings. The second kappa shape index (κ2) is 9.48. The lowest BCUT2D eigenvalue weighted by atomic mass is 9.91. The molecule has 2 rings (SSSR count). The van der Waals surface area contributed by atoms with E-state index in [0.717, 1.165) is 25.7 Å². The summed E-state index contributed by atoms with van der Waals surface area (Å²) in [5, 5.41) is 2.96. The molecule has 2 atom stereocenters. The number of hydrogen-bond acceptors (Lipinski definition) is 4. The zero-order valence-corrected chi connectivity index (χ0v) is 16.0. The molecule has 0 aliphatic carbocycles. The van der Waals surface area contributed by atoms with Crippen LogP contribution in [0.3, 0.4) is 0 Å². The highest BCUT2D eigenvalue weighted by molar-refractivity contribution is 6.09. The number of Topliss-reactive ketones (excluding diaryl/α,β-unsaturated/α-hetero) is 1. The number of benzene rings is 1. The summed E-state index contributed by atoms with van der Waals surface area (Å²) in [5.41, 5.74) is 7.61. The number of carbonyl (C=O) groups excluding carboxylic acids is 2. The molecule has 1 amide bonds. The van der Waals surface area contributed by atoms with Gasteiger partial charge < -0.3 is 16.0 Å². The molecule has 4 N–H and O–H groups in total. The maximum atomic E-state index is 13.2. The van der Waals surface area contributed by atoms with Crippen molar-refractivity contribution >= 4 is 22.7 Å². The number of aromatic amines is 1. The maximum Gasteiger partial charge on any atom is 0.220 e. The van der Waals surface area contributed by atoms with E-state index in [2.05, 4.69) is 22.2 Å². The number of fused-ring (bicyclic) bond motifs is 1. The highest BCUT2D eigenvalue weighted by Crippen LogP contribution is 2.21. The van der Waals surface area contributed by atoms with Gasteiger partial charge in [-0.15, -0.1) is 0 Å². The molecule has 6 nitrogen and oxygen atoms in total. The molecule has 26 heavy (non-hydrogen) atoms. The third-order valence-electron chi connectivity index (χ3n) is 4.85. The van der Waals surface area contributed by atoms with Crippen LogP contribution in [0.5, 0.6) is 0 Å². The number of rotatable bonds is 10. The predicted octanol–water partition coefficient (Wildman–Crippen LogP) is 3.32. The van der Waals surface area contributed by atoms with Crippen LogP contribution in [-0.4, -0.2) is 27.7 Å². The number of imidazole rings is 1. The zero-order chi connectivity index (χ0) is 19.1. The van der Waals surface area contributed by atoms with E-state index in [1.165, 1.54) is 0 Å². The Labute approximate surface area is 154 Å². The molecule has 1 aromatic carbocycles. The van der Waals surface area contributed by atoms with Crippen LogP contribution in [0.2, 0.25) is 0 Å². The van der Waals surface area contributed by atoms with Crippen LogP contribution in [0, 0.1) is 5.92 Å². The lowest BCUT2D eigenvalue weighted by molar-refractivity contribution is -0.122. The molecule has 1 heterocycles. The third kappa shape index (κ3) is 4.69. The molecule has 2 aromatic rings. The van der Waals surface area contributed by atoms with E-state index >= 15 is 0 Å². The van der Waals surface area contributed by atoms with Crippen LogP contribution < -0.4 is 11.1 Å². The fourth-order valence-electron chi connectivity index (χ4n) is 3.03. The van der Waals surface area contributed by atoms with E-state index in [0.29, 0.717) is 28.8 Å². The quantitative estimate of drug-likeness (QED) is 0.448. The zero-order valence-electron chi connectivity index (χ0n) is 16.0. The maximum absolute atomic E-state index is 13.2. The first-order valence-electron chi connectivity index (χ1n) is 9.53. The number of amides is 1. The Balaban J connectivity index is 2.26. The summed E-state index contributed by atoms with van der Waals surface area (Å²) in [4.78, 5) is 33.0. The highest BCUT2D eigenvalue weighted by Gasteiger charge is 2.28. The van der Waals surface area contributed by atoms with Gasteiger partial charge in [-0.1, -0.05) is 46.1 Å². The fraction of sp³-hybridized carbons (Fsp3) is 0.550. The molecule has 0 saturated carbocycles. The number of hydrogen-bond donors (Lipinski definition) is 3. The smallest absolute Gasteiger partial charge is 0.220 e. The molecule has 0 radical (unpaired) electrons. The first-order chi connectivity index (χ1) is 12.5. The standard InChI is InChI=1S/C20H30N4O2/c1-4-6-7-11-17(25)24-18(13(3)5-2)20(26)14-9-8-10-15-19(14)23-16(12-21)22-15/h8-10,13,18H,4-7,11-12,21H2,1-3H3,(H,22,23)(H,24,25)/t13-,18-/m0/s1. The summed E-state index contributed by atoms with van der Waals surface area (Å²) in [7, 11) is 0. The van der Waals surface area contributed by atoms with Crippen LogP contribution in [0.15, 0.2) is 18.2 Å². The number of nitrogens with two attached hydrogens (primary N) is 1. The second-order valence-electron chi connectivity index (χ2n) is 6.84. The van der Waals surface area contributed by atoms with Gasteiger partial charge in [-0.2, -0.15) is 0 Å². The molecule has 1 aromatic heterocycles. The van der Waals surface area contributed by atoms with E-state index in [9.17, 15) is 9.59 Å². The lowest BCUT2D eigenvalue weighted by Gasteiger charge is -2.23. The van der Waals surface area contributed by atoms with Gasteiger partial charge in [0.05, 0.1) is 23.6 Å². The number of unbranched alkanes of at least 4 members (excludes halogenated alkanes) is 2. The molecular formula is C20H30N4O2. The summed E-state index contributed by atoms with van der Waals surface area (Å²) >= 11 is 0. The van der Waals surface area contributed by atoms with Crippen LogP contribution >= 0.6 is 0 Å². The summed E-state index contributed by atoms with van der Waals surface area (Å²) in [6.07, 6.45) is 4.19. The van der Waals surface area contributed by atoms with Crippen molar-refractivity contribution in [2.45, 2.75) is 65.5 Å². The summed E-state index contributed by atoms with van der Waals surface area (Å²) < 4.78 is 0. The predicted molar refractivity (Wildman–Crippen MR) is 104 cm³/mol. The molecule has 0 spiro atoms. The number of carbonyl (C=O) groups is 2. The van der Waals surface area contributed by atoms with Gasteiger partial charge in [-0.05, 0) is 24.5 Å². The summed E-state index contributed by atoms with van der Waals surface area (Å²) in [6, 6.07) is 4.91. The SMILES string of the molecule is CCCCCC(=O)N[C@H](C(=O)c1cccc2nc(CN)[nH]c12)[C@@H](C)CC.